The van der Waals surface area contributed by atoms with Gasteiger partial charge in [0.25, 0.3) is 0 Å². The molecular weight excluding hydrogens is 240 g/mol. The van der Waals surface area contributed by atoms with Crippen molar-refractivity contribution in [3.05, 3.63) is 23.8 Å². The lowest BCUT2D eigenvalue weighted by molar-refractivity contribution is 0.171. The number of benzene rings is 1. The van der Waals surface area contributed by atoms with Crippen LogP contribution in [0.25, 0.3) is 0 Å². The van der Waals surface area contributed by atoms with Gasteiger partial charge in [0.05, 0.1) is 0 Å². The average Bonchev–Trinajstić information content (AvgIpc) is 3.28. The van der Waals surface area contributed by atoms with Crippen molar-refractivity contribution in [1.82, 2.24) is 4.90 Å². The van der Waals surface area contributed by atoms with Crippen LogP contribution in [0.4, 0.5) is 0 Å². The lowest BCUT2D eigenvalue weighted by Crippen LogP contribution is -2.33. The Morgan fingerprint density at radius 2 is 2.00 bits per heavy atom. The average molecular weight is 262 g/mol. The Balaban J connectivity index is 1.70. The number of likely N-dealkylation sites (N-methyl/N-ethyl adjacent to an activating group) is 1. The fraction of sp³-hybridized carbons (Fsp3) is 0.600. The molecule has 19 heavy (non-hydrogen) atoms. The van der Waals surface area contributed by atoms with Crippen LogP contribution in [-0.4, -0.2) is 37.2 Å². The predicted molar refractivity (Wildman–Crippen MR) is 74.6 cm³/mol. The number of nitrogens with zero attached hydrogens (tertiary/aromatic N) is 1. The number of ether oxygens (including phenoxy) is 2. The van der Waals surface area contributed by atoms with Crippen molar-refractivity contribution in [2.75, 3.05) is 26.3 Å². The van der Waals surface area contributed by atoms with Gasteiger partial charge < -0.3 is 15.2 Å². The van der Waals surface area contributed by atoms with E-state index in [4.69, 9.17) is 15.2 Å². The Labute approximate surface area is 114 Å². The van der Waals surface area contributed by atoms with Gasteiger partial charge in [0.15, 0.2) is 11.5 Å². The van der Waals surface area contributed by atoms with Gasteiger partial charge >= 0.3 is 0 Å². The molecule has 0 amide bonds. The molecule has 0 radical (unpaired) electrons. The van der Waals surface area contributed by atoms with Crippen LogP contribution in [0.1, 0.15) is 31.4 Å². The summed E-state index contributed by atoms with van der Waals surface area (Å²) in [4.78, 5) is 2.47. The summed E-state index contributed by atoms with van der Waals surface area (Å²) in [5.41, 5.74) is 7.46. The van der Waals surface area contributed by atoms with E-state index in [1.165, 1.54) is 12.8 Å². The summed E-state index contributed by atoms with van der Waals surface area (Å²) in [7, 11) is 0. The largest absolute Gasteiger partial charge is 0.486 e. The lowest BCUT2D eigenvalue weighted by atomic mass is 10.1. The second-order valence-corrected chi connectivity index (χ2v) is 5.33. The maximum atomic E-state index is 6.33. The lowest BCUT2D eigenvalue weighted by Gasteiger charge is -2.25. The van der Waals surface area contributed by atoms with Gasteiger partial charge in [-0.25, -0.2) is 0 Å². The molecule has 1 unspecified atom stereocenters. The molecule has 2 N–H and O–H groups in total. The second-order valence-electron chi connectivity index (χ2n) is 5.33. The maximum Gasteiger partial charge on any atom is 0.161 e. The fourth-order valence-electron chi connectivity index (χ4n) is 2.62. The Morgan fingerprint density at radius 1 is 1.26 bits per heavy atom. The summed E-state index contributed by atoms with van der Waals surface area (Å²) in [6, 6.07) is 6.85. The van der Waals surface area contributed by atoms with E-state index < -0.39 is 0 Å². The zero-order chi connectivity index (χ0) is 13.2. The zero-order valence-corrected chi connectivity index (χ0v) is 11.5. The quantitative estimate of drug-likeness (QED) is 0.881. The van der Waals surface area contributed by atoms with E-state index in [2.05, 4.69) is 17.9 Å². The van der Waals surface area contributed by atoms with Gasteiger partial charge in [0.1, 0.15) is 13.2 Å². The number of fused-ring (bicyclic) bond motifs is 1. The highest BCUT2D eigenvalue weighted by molar-refractivity contribution is 5.44. The van der Waals surface area contributed by atoms with E-state index in [1.54, 1.807) is 0 Å². The van der Waals surface area contributed by atoms with Gasteiger partial charge in [0, 0.05) is 18.6 Å². The van der Waals surface area contributed by atoms with Gasteiger partial charge in [-0.05, 0) is 37.1 Å². The van der Waals surface area contributed by atoms with Crippen LogP contribution in [-0.2, 0) is 0 Å². The van der Waals surface area contributed by atoms with E-state index in [1.807, 2.05) is 12.1 Å². The standard InChI is InChI=1S/C15H22N2O2/c1-2-17(12-4-5-12)10-13(16)11-3-6-14-15(9-11)19-8-7-18-14/h3,6,9,12-13H,2,4-5,7-8,10,16H2,1H3. The molecule has 0 aromatic heterocycles. The predicted octanol–water partition coefficient (Wildman–Crippen LogP) is 1.94. The third kappa shape index (κ3) is 2.85. The number of rotatable bonds is 5. The van der Waals surface area contributed by atoms with Crippen molar-refractivity contribution >= 4 is 0 Å². The molecule has 4 heteroatoms. The van der Waals surface area contributed by atoms with Crippen LogP contribution in [0.3, 0.4) is 0 Å². The first-order valence-corrected chi connectivity index (χ1v) is 7.17. The molecular formula is C15H22N2O2. The molecule has 1 saturated carbocycles. The van der Waals surface area contributed by atoms with Crippen LogP contribution < -0.4 is 15.2 Å². The topological polar surface area (TPSA) is 47.7 Å². The van der Waals surface area contributed by atoms with Crippen LogP contribution in [0.15, 0.2) is 18.2 Å². The second kappa shape index (κ2) is 5.39. The summed E-state index contributed by atoms with van der Waals surface area (Å²) in [6.07, 6.45) is 2.64. The van der Waals surface area contributed by atoms with Crippen molar-refractivity contribution < 1.29 is 9.47 Å². The first-order valence-electron chi connectivity index (χ1n) is 7.17. The first kappa shape index (κ1) is 12.8. The van der Waals surface area contributed by atoms with Crippen molar-refractivity contribution in [3.8, 4) is 11.5 Å². The van der Waals surface area contributed by atoms with Crippen molar-refractivity contribution in [3.63, 3.8) is 0 Å². The minimum Gasteiger partial charge on any atom is -0.486 e. The Bertz CT molecular complexity index is 446. The summed E-state index contributed by atoms with van der Waals surface area (Å²) in [5.74, 6) is 1.66. The molecule has 1 atom stereocenters. The molecule has 0 bridgehead atoms. The smallest absolute Gasteiger partial charge is 0.161 e. The highest BCUT2D eigenvalue weighted by Gasteiger charge is 2.29. The SMILES string of the molecule is CCN(CC(N)c1ccc2c(c1)OCCO2)C1CC1. The van der Waals surface area contributed by atoms with E-state index in [0.29, 0.717) is 13.2 Å². The molecule has 1 aromatic rings. The molecule has 3 rings (SSSR count). The first-order chi connectivity index (χ1) is 9.28. The van der Waals surface area contributed by atoms with Crippen molar-refractivity contribution in [1.29, 1.82) is 0 Å². The van der Waals surface area contributed by atoms with Gasteiger partial charge in [-0.1, -0.05) is 13.0 Å². The third-order valence-electron chi connectivity index (χ3n) is 3.90. The monoisotopic (exact) mass is 262 g/mol. The number of hydrogen-bond donors (Lipinski definition) is 1. The van der Waals surface area contributed by atoms with Gasteiger partial charge in [-0.3, -0.25) is 4.90 Å². The minimum atomic E-state index is 0.0383. The van der Waals surface area contributed by atoms with E-state index in [-0.39, 0.29) is 6.04 Å². The highest BCUT2D eigenvalue weighted by atomic mass is 16.6. The Kier molecular flexibility index (Phi) is 3.62. The molecule has 104 valence electrons. The molecule has 1 heterocycles. The normalized spacial score (nSPS) is 19.5. The molecule has 1 aromatic carbocycles. The summed E-state index contributed by atoms with van der Waals surface area (Å²) >= 11 is 0. The molecule has 2 aliphatic rings. The molecule has 1 aliphatic carbocycles. The number of nitrogens with two attached hydrogens (primary N) is 1. The third-order valence-corrected chi connectivity index (χ3v) is 3.90. The Morgan fingerprint density at radius 3 is 2.68 bits per heavy atom. The molecule has 1 fully saturated rings. The van der Waals surface area contributed by atoms with E-state index >= 15 is 0 Å². The van der Waals surface area contributed by atoms with Crippen LogP contribution in [0.2, 0.25) is 0 Å². The molecule has 1 aliphatic heterocycles. The Hall–Kier alpha value is -1.26. The van der Waals surface area contributed by atoms with Gasteiger partial charge in [-0.15, -0.1) is 0 Å². The highest BCUT2D eigenvalue weighted by Crippen LogP contribution is 2.33. The van der Waals surface area contributed by atoms with E-state index in [9.17, 15) is 0 Å². The molecule has 4 nitrogen and oxygen atoms in total. The summed E-state index contributed by atoms with van der Waals surface area (Å²) in [5, 5.41) is 0. The van der Waals surface area contributed by atoms with E-state index in [0.717, 1.165) is 36.2 Å². The molecule has 0 spiro atoms. The van der Waals surface area contributed by atoms with Crippen LogP contribution in [0, 0.1) is 0 Å². The van der Waals surface area contributed by atoms with Crippen LogP contribution in [0.5, 0.6) is 11.5 Å². The summed E-state index contributed by atoms with van der Waals surface area (Å²) < 4.78 is 11.1. The van der Waals surface area contributed by atoms with Crippen molar-refractivity contribution in [2.45, 2.75) is 31.8 Å². The maximum absolute atomic E-state index is 6.33. The number of hydrogen-bond acceptors (Lipinski definition) is 4. The van der Waals surface area contributed by atoms with Gasteiger partial charge in [0.2, 0.25) is 0 Å². The van der Waals surface area contributed by atoms with Crippen molar-refractivity contribution in [2.24, 2.45) is 5.73 Å². The summed E-state index contributed by atoms with van der Waals surface area (Å²) in [6.45, 7) is 5.44. The zero-order valence-electron chi connectivity index (χ0n) is 11.5. The van der Waals surface area contributed by atoms with Gasteiger partial charge in [-0.2, -0.15) is 0 Å². The van der Waals surface area contributed by atoms with Crippen LogP contribution >= 0.6 is 0 Å². The fourth-order valence-corrected chi connectivity index (χ4v) is 2.62. The minimum absolute atomic E-state index is 0.0383. The molecule has 0 saturated heterocycles.